The Hall–Kier alpha value is -1.10. The summed E-state index contributed by atoms with van der Waals surface area (Å²) in [5, 5.41) is 5.46. The SMILES string of the molecule is CC(C)C(=O)NCCNC(=O)CC(N)C(C)C. The van der Waals surface area contributed by atoms with Crippen LogP contribution < -0.4 is 16.4 Å². The normalized spacial score (nSPS) is 12.6. The number of nitrogens with one attached hydrogen (secondary N) is 2. The fourth-order valence-corrected chi connectivity index (χ4v) is 1.11. The van der Waals surface area contributed by atoms with Crippen molar-refractivity contribution in [2.75, 3.05) is 13.1 Å². The van der Waals surface area contributed by atoms with Crippen LogP contribution in [0.25, 0.3) is 0 Å². The molecule has 0 radical (unpaired) electrons. The zero-order valence-electron chi connectivity index (χ0n) is 11.2. The standard InChI is InChI=1S/C12H25N3O2/c1-8(2)10(13)7-11(16)14-5-6-15-12(17)9(3)4/h8-10H,5-7,13H2,1-4H3,(H,14,16)(H,15,17). The fourth-order valence-electron chi connectivity index (χ4n) is 1.11. The first kappa shape index (κ1) is 15.9. The quantitative estimate of drug-likeness (QED) is 0.560. The molecule has 1 atom stereocenters. The van der Waals surface area contributed by atoms with Gasteiger partial charge in [0.1, 0.15) is 0 Å². The Labute approximate surface area is 104 Å². The molecule has 0 bridgehead atoms. The van der Waals surface area contributed by atoms with E-state index in [1.54, 1.807) is 0 Å². The first-order valence-corrected chi connectivity index (χ1v) is 6.14. The lowest BCUT2D eigenvalue weighted by Crippen LogP contribution is -2.39. The van der Waals surface area contributed by atoms with Gasteiger partial charge in [-0.15, -0.1) is 0 Å². The summed E-state index contributed by atoms with van der Waals surface area (Å²) in [6.45, 7) is 8.54. The molecule has 0 saturated heterocycles. The summed E-state index contributed by atoms with van der Waals surface area (Å²) in [6, 6.07) is -0.111. The average Bonchev–Trinajstić information content (AvgIpc) is 2.23. The van der Waals surface area contributed by atoms with Crippen LogP contribution in [0.4, 0.5) is 0 Å². The molecule has 17 heavy (non-hydrogen) atoms. The third kappa shape index (κ3) is 7.74. The zero-order valence-corrected chi connectivity index (χ0v) is 11.2. The summed E-state index contributed by atoms with van der Waals surface area (Å²) in [6.07, 6.45) is 0.329. The lowest BCUT2D eigenvalue weighted by atomic mass is 10.0. The topological polar surface area (TPSA) is 84.2 Å². The highest BCUT2D eigenvalue weighted by atomic mass is 16.2. The minimum Gasteiger partial charge on any atom is -0.354 e. The van der Waals surface area contributed by atoms with E-state index < -0.39 is 0 Å². The molecule has 0 fully saturated rings. The first-order chi connectivity index (χ1) is 7.84. The maximum Gasteiger partial charge on any atom is 0.222 e. The van der Waals surface area contributed by atoms with Gasteiger partial charge in [0.25, 0.3) is 0 Å². The lowest BCUT2D eigenvalue weighted by Gasteiger charge is -2.15. The van der Waals surface area contributed by atoms with Gasteiger partial charge in [-0.05, 0) is 5.92 Å². The molecule has 0 aromatic rings. The van der Waals surface area contributed by atoms with Gasteiger partial charge < -0.3 is 16.4 Å². The van der Waals surface area contributed by atoms with Crippen LogP contribution in [0.1, 0.15) is 34.1 Å². The van der Waals surface area contributed by atoms with Crippen LogP contribution in [0, 0.1) is 11.8 Å². The van der Waals surface area contributed by atoms with Crippen molar-refractivity contribution in [3.8, 4) is 0 Å². The Kier molecular flexibility index (Phi) is 7.54. The molecule has 0 aliphatic heterocycles. The molecule has 5 nitrogen and oxygen atoms in total. The average molecular weight is 243 g/mol. The fraction of sp³-hybridized carbons (Fsp3) is 0.833. The molecule has 0 saturated carbocycles. The number of carbonyl (C=O) groups is 2. The second-order valence-corrected chi connectivity index (χ2v) is 4.91. The molecule has 100 valence electrons. The molecule has 0 heterocycles. The summed E-state index contributed by atoms with van der Waals surface area (Å²) in [5.74, 6) is 0.199. The Morgan fingerprint density at radius 3 is 2.06 bits per heavy atom. The number of rotatable bonds is 7. The van der Waals surface area contributed by atoms with Crippen LogP contribution in [-0.2, 0) is 9.59 Å². The van der Waals surface area contributed by atoms with Crippen molar-refractivity contribution in [1.82, 2.24) is 10.6 Å². The van der Waals surface area contributed by atoms with Gasteiger partial charge in [0.05, 0.1) is 0 Å². The van der Waals surface area contributed by atoms with Gasteiger partial charge >= 0.3 is 0 Å². The van der Waals surface area contributed by atoms with Crippen LogP contribution in [0.5, 0.6) is 0 Å². The highest BCUT2D eigenvalue weighted by molar-refractivity contribution is 5.78. The van der Waals surface area contributed by atoms with Gasteiger partial charge in [0.15, 0.2) is 0 Å². The Bertz CT molecular complexity index is 252. The maximum absolute atomic E-state index is 11.4. The minimum absolute atomic E-state index is 0.00173. The summed E-state index contributed by atoms with van der Waals surface area (Å²) in [4.78, 5) is 22.6. The van der Waals surface area contributed by atoms with E-state index in [0.29, 0.717) is 25.4 Å². The van der Waals surface area contributed by atoms with Crippen LogP contribution in [-0.4, -0.2) is 30.9 Å². The molecule has 0 aromatic heterocycles. The highest BCUT2D eigenvalue weighted by Crippen LogP contribution is 2.01. The highest BCUT2D eigenvalue weighted by Gasteiger charge is 2.12. The molecular formula is C12H25N3O2. The molecule has 0 aromatic carbocycles. The van der Waals surface area contributed by atoms with Gasteiger partial charge in [0, 0.05) is 31.5 Å². The van der Waals surface area contributed by atoms with Gasteiger partial charge in [-0.2, -0.15) is 0 Å². The van der Waals surface area contributed by atoms with E-state index in [0.717, 1.165) is 0 Å². The molecule has 5 heteroatoms. The molecular weight excluding hydrogens is 218 g/mol. The van der Waals surface area contributed by atoms with Crippen molar-refractivity contribution >= 4 is 11.8 Å². The van der Waals surface area contributed by atoms with Crippen LogP contribution in [0.2, 0.25) is 0 Å². The number of amides is 2. The van der Waals surface area contributed by atoms with Gasteiger partial charge in [-0.1, -0.05) is 27.7 Å². The van der Waals surface area contributed by atoms with Crippen molar-refractivity contribution in [3.63, 3.8) is 0 Å². The molecule has 2 amide bonds. The second-order valence-electron chi connectivity index (χ2n) is 4.91. The van der Waals surface area contributed by atoms with E-state index in [1.165, 1.54) is 0 Å². The van der Waals surface area contributed by atoms with E-state index >= 15 is 0 Å². The van der Waals surface area contributed by atoms with Crippen molar-refractivity contribution in [3.05, 3.63) is 0 Å². The summed E-state index contributed by atoms with van der Waals surface area (Å²) in [7, 11) is 0. The maximum atomic E-state index is 11.4. The predicted octanol–water partition coefficient (Wildman–Crippen LogP) is 0.248. The van der Waals surface area contributed by atoms with E-state index in [2.05, 4.69) is 10.6 Å². The number of carbonyl (C=O) groups excluding carboxylic acids is 2. The summed E-state index contributed by atoms with van der Waals surface area (Å²) < 4.78 is 0. The molecule has 0 spiro atoms. The van der Waals surface area contributed by atoms with Gasteiger partial charge in [0.2, 0.25) is 11.8 Å². The number of nitrogens with two attached hydrogens (primary N) is 1. The summed E-state index contributed by atoms with van der Waals surface area (Å²) in [5.41, 5.74) is 5.78. The van der Waals surface area contributed by atoms with E-state index in [1.807, 2.05) is 27.7 Å². The van der Waals surface area contributed by atoms with Gasteiger partial charge in [-0.25, -0.2) is 0 Å². The number of hydrogen-bond acceptors (Lipinski definition) is 3. The van der Waals surface area contributed by atoms with Crippen LogP contribution >= 0.6 is 0 Å². The van der Waals surface area contributed by atoms with Crippen LogP contribution in [0.3, 0.4) is 0 Å². The molecule has 0 rings (SSSR count). The van der Waals surface area contributed by atoms with Crippen molar-refractivity contribution in [2.45, 2.75) is 40.2 Å². The number of hydrogen-bond donors (Lipinski definition) is 3. The minimum atomic E-state index is -0.111. The zero-order chi connectivity index (χ0) is 13.4. The van der Waals surface area contributed by atoms with E-state index in [9.17, 15) is 9.59 Å². The smallest absolute Gasteiger partial charge is 0.222 e. The Morgan fingerprint density at radius 2 is 1.59 bits per heavy atom. The third-order valence-electron chi connectivity index (χ3n) is 2.55. The van der Waals surface area contributed by atoms with Crippen molar-refractivity contribution < 1.29 is 9.59 Å². The predicted molar refractivity (Wildman–Crippen MR) is 68.3 cm³/mol. The molecule has 1 unspecified atom stereocenters. The summed E-state index contributed by atoms with van der Waals surface area (Å²) >= 11 is 0. The van der Waals surface area contributed by atoms with E-state index in [-0.39, 0.29) is 23.8 Å². The van der Waals surface area contributed by atoms with Crippen LogP contribution in [0.15, 0.2) is 0 Å². The van der Waals surface area contributed by atoms with E-state index in [4.69, 9.17) is 5.73 Å². The third-order valence-corrected chi connectivity index (χ3v) is 2.55. The molecule has 0 aliphatic rings. The largest absolute Gasteiger partial charge is 0.354 e. The monoisotopic (exact) mass is 243 g/mol. The Balaban J connectivity index is 3.62. The van der Waals surface area contributed by atoms with Crippen molar-refractivity contribution in [2.24, 2.45) is 17.6 Å². The van der Waals surface area contributed by atoms with Crippen molar-refractivity contribution in [1.29, 1.82) is 0 Å². The lowest BCUT2D eigenvalue weighted by molar-refractivity contribution is -0.124. The molecule has 0 aliphatic carbocycles. The molecule has 4 N–H and O–H groups in total. The second kappa shape index (κ2) is 8.06. The van der Waals surface area contributed by atoms with Gasteiger partial charge in [-0.3, -0.25) is 9.59 Å². The Morgan fingerprint density at radius 1 is 1.06 bits per heavy atom. The first-order valence-electron chi connectivity index (χ1n) is 6.14.